The first-order valence-corrected chi connectivity index (χ1v) is 11.3. The lowest BCUT2D eigenvalue weighted by Gasteiger charge is -2.31. The predicted octanol–water partition coefficient (Wildman–Crippen LogP) is 3.85. The van der Waals surface area contributed by atoms with Crippen LogP contribution in [0.15, 0.2) is 24.3 Å². The van der Waals surface area contributed by atoms with Crippen LogP contribution in [0.5, 0.6) is 0 Å². The standard InChI is InChI=1S/C18H18ClF3N2O2S2/c19-14-3-2-13(18(20,21)22)9-12(14)1-4-16(25)24-11-28-10-15(24)17(26)23-5-7-27-8-6-23/h1-4,9,15H,5-8,10-11H2. The topological polar surface area (TPSA) is 40.6 Å². The lowest BCUT2D eigenvalue weighted by Crippen LogP contribution is -2.50. The van der Waals surface area contributed by atoms with Crippen molar-refractivity contribution in [3.63, 3.8) is 0 Å². The number of hydrogen-bond donors (Lipinski definition) is 0. The number of benzene rings is 1. The highest BCUT2D eigenvalue weighted by Crippen LogP contribution is 2.32. The maximum Gasteiger partial charge on any atom is 0.416 e. The van der Waals surface area contributed by atoms with Crippen LogP contribution < -0.4 is 0 Å². The third-order valence-corrected chi connectivity index (χ3v) is 6.80. The SMILES string of the molecule is O=C(C1CSCN1C(=O)C=Cc1cc(C(F)(F)F)ccc1Cl)N1CCSCC1. The molecule has 1 aromatic rings. The van der Waals surface area contributed by atoms with Crippen LogP contribution in [0, 0.1) is 0 Å². The van der Waals surface area contributed by atoms with Gasteiger partial charge in [-0.3, -0.25) is 9.59 Å². The fourth-order valence-corrected chi connectivity index (χ4v) is 5.20. The summed E-state index contributed by atoms with van der Waals surface area (Å²) >= 11 is 9.24. The van der Waals surface area contributed by atoms with Gasteiger partial charge in [0.1, 0.15) is 6.04 Å². The zero-order valence-electron chi connectivity index (χ0n) is 14.7. The fourth-order valence-electron chi connectivity index (χ4n) is 2.96. The fraction of sp³-hybridized carbons (Fsp3) is 0.444. The summed E-state index contributed by atoms with van der Waals surface area (Å²) in [7, 11) is 0. The van der Waals surface area contributed by atoms with Gasteiger partial charge in [0.05, 0.1) is 11.4 Å². The van der Waals surface area contributed by atoms with E-state index in [9.17, 15) is 22.8 Å². The lowest BCUT2D eigenvalue weighted by molar-refractivity contribution is -0.141. The summed E-state index contributed by atoms with van der Waals surface area (Å²) in [5.74, 6) is 2.18. The quantitative estimate of drug-likeness (QED) is 0.656. The molecule has 4 nitrogen and oxygen atoms in total. The summed E-state index contributed by atoms with van der Waals surface area (Å²) in [5, 5.41) is 0.117. The van der Waals surface area contributed by atoms with E-state index in [1.54, 1.807) is 16.7 Å². The van der Waals surface area contributed by atoms with Gasteiger partial charge in [0.25, 0.3) is 0 Å². The Morgan fingerprint density at radius 1 is 1.18 bits per heavy atom. The third kappa shape index (κ3) is 4.99. The van der Waals surface area contributed by atoms with Crippen LogP contribution in [0.25, 0.3) is 6.08 Å². The number of carbonyl (C=O) groups is 2. The smallest absolute Gasteiger partial charge is 0.339 e. The molecule has 0 bridgehead atoms. The van der Waals surface area contributed by atoms with E-state index in [1.807, 2.05) is 0 Å². The second kappa shape index (κ2) is 9.00. The van der Waals surface area contributed by atoms with Gasteiger partial charge in [-0.25, -0.2) is 0 Å². The monoisotopic (exact) mass is 450 g/mol. The average molecular weight is 451 g/mol. The number of rotatable bonds is 3. The first-order valence-electron chi connectivity index (χ1n) is 8.57. The van der Waals surface area contributed by atoms with Crippen LogP contribution in [-0.4, -0.2) is 63.9 Å². The number of alkyl halides is 3. The van der Waals surface area contributed by atoms with Crippen molar-refractivity contribution >= 4 is 53.0 Å². The van der Waals surface area contributed by atoms with E-state index in [4.69, 9.17) is 11.6 Å². The maximum atomic E-state index is 12.9. The molecule has 3 rings (SSSR count). The molecule has 1 atom stereocenters. The Labute approximate surface area is 174 Å². The molecule has 0 saturated carbocycles. The lowest BCUT2D eigenvalue weighted by atomic mass is 10.1. The number of amides is 2. The van der Waals surface area contributed by atoms with Gasteiger partial charge < -0.3 is 9.80 Å². The summed E-state index contributed by atoms with van der Waals surface area (Å²) in [6.07, 6.45) is -2.05. The summed E-state index contributed by atoms with van der Waals surface area (Å²) < 4.78 is 38.6. The molecule has 2 fully saturated rings. The minimum atomic E-state index is -4.49. The maximum absolute atomic E-state index is 12.9. The van der Waals surface area contributed by atoms with Crippen molar-refractivity contribution in [2.45, 2.75) is 12.2 Å². The first kappa shape index (κ1) is 21.4. The number of thioether (sulfide) groups is 2. The molecule has 152 valence electrons. The van der Waals surface area contributed by atoms with Crippen LogP contribution in [0.2, 0.25) is 5.02 Å². The van der Waals surface area contributed by atoms with E-state index in [0.29, 0.717) is 24.7 Å². The predicted molar refractivity (Wildman–Crippen MR) is 107 cm³/mol. The van der Waals surface area contributed by atoms with Gasteiger partial charge in [0, 0.05) is 41.4 Å². The molecule has 2 heterocycles. The van der Waals surface area contributed by atoms with E-state index < -0.39 is 23.7 Å². The molecule has 2 aliphatic heterocycles. The summed E-state index contributed by atoms with van der Waals surface area (Å²) in [6.45, 7) is 1.34. The second-order valence-electron chi connectivity index (χ2n) is 6.33. The van der Waals surface area contributed by atoms with Crippen LogP contribution in [0.4, 0.5) is 13.2 Å². The van der Waals surface area contributed by atoms with E-state index in [2.05, 4.69) is 0 Å². The zero-order valence-corrected chi connectivity index (χ0v) is 17.1. The number of carbonyl (C=O) groups excluding carboxylic acids is 2. The van der Waals surface area contributed by atoms with Crippen molar-refractivity contribution in [1.82, 2.24) is 9.80 Å². The van der Waals surface area contributed by atoms with E-state index >= 15 is 0 Å². The van der Waals surface area contributed by atoms with Crippen molar-refractivity contribution in [2.75, 3.05) is 36.2 Å². The van der Waals surface area contributed by atoms with Gasteiger partial charge in [-0.2, -0.15) is 24.9 Å². The molecule has 2 amide bonds. The van der Waals surface area contributed by atoms with Gasteiger partial charge in [-0.15, -0.1) is 11.8 Å². The molecule has 0 N–H and O–H groups in total. The van der Waals surface area contributed by atoms with Crippen LogP contribution >= 0.6 is 35.1 Å². The highest BCUT2D eigenvalue weighted by atomic mass is 35.5. The Morgan fingerprint density at radius 3 is 2.57 bits per heavy atom. The Balaban J connectivity index is 1.72. The molecular weight excluding hydrogens is 433 g/mol. The first-order chi connectivity index (χ1) is 13.3. The molecule has 0 aromatic heterocycles. The van der Waals surface area contributed by atoms with Crippen molar-refractivity contribution in [3.8, 4) is 0 Å². The van der Waals surface area contributed by atoms with Crippen LogP contribution in [0.1, 0.15) is 11.1 Å². The Kier molecular flexibility index (Phi) is 6.88. The minimum Gasteiger partial charge on any atom is -0.339 e. The number of nitrogens with zero attached hydrogens (tertiary/aromatic N) is 2. The van der Waals surface area contributed by atoms with Crippen molar-refractivity contribution in [2.24, 2.45) is 0 Å². The zero-order chi connectivity index (χ0) is 20.3. The molecule has 2 saturated heterocycles. The molecule has 28 heavy (non-hydrogen) atoms. The Hall–Kier alpha value is -1.32. The molecule has 10 heteroatoms. The van der Waals surface area contributed by atoms with E-state index in [1.165, 1.54) is 28.8 Å². The molecule has 2 aliphatic rings. The highest BCUT2D eigenvalue weighted by molar-refractivity contribution is 7.99. The van der Waals surface area contributed by atoms with Crippen molar-refractivity contribution < 1.29 is 22.8 Å². The molecule has 1 unspecified atom stereocenters. The number of halogens is 4. The molecule has 0 aliphatic carbocycles. The summed E-state index contributed by atoms with van der Waals surface area (Å²) in [4.78, 5) is 28.6. The molecule has 0 radical (unpaired) electrons. The highest BCUT2D eigenvalue weighted by Gasteiger charge is 2.36. The summed E-state index contributed by atoms with van der Waals surface area (Å²) in [6, 6.07) is 2.41. The van der Waals surface area contributed by atoms with E-state index in [0.717, 1.165) is 29.7 Å². The Morgan fingerprint density at radius 2 is 1.89 bits per heavy atom. The van der Waals surface area contributed by atoms with Gasteiger partial charge in [-0.1, -0.05) is 11.6 Å². The number of hydrogen-bond acceptors (Lipinski definition) is 4. The van der Waals surface area contributed by atoms with Crippen LogP contribution in [-0.2, 0) is 15.8 Å². The molecular formula is C18H18ClF3N2O2S2. The third-order valence-electron chi connectivity index (χ3n) is 4.50. The van der Waals surface area contributed by atoms with Gasteiger partial charge in [0.2, 0.25) is 11.8 Å². The van der Waals surface area contributed by atoms with E-state index in [-0.39, 0.29) is 16.5 Å². The normalized spacial score (nSPS) is 20.8. The van der Waals surface area contributed by atoms with Crippen molar-refractivity contribution in [1.29, 1.82) is 0 Å². The molecule has 0 spiro atoms. The molecule has 1 aromatic carbocycles. The summed E-state index contributed by atoms with van der Waals surface area (Å²) in [5.41, 5.74) is -0.732. The van der Waals surface area contributed by atoms with Crippen LogP contribution in [0.3, 0.4) is 0 Å². The van der Waals surface area contributed by atoms with Gasteiger partial charge in [0.15, 0.2) is 0 Å². The Bertz CT molecular complexity index is 783. The van der Waals surface area contributed by atoms with Gasteiger partial charge >= 0.3 is 6.18 Å². The largest absolute Gasteiger partial charge is 0.416 e. The van der Waals surface area contributed by atoms with Gasteiger partial charge in [-0.05, 0) is 29.8 Å². The minimum absolute atomic E-state index is 0.0656. The average Bonchev–Trinajstić information content (AvgIpc) is 3.16. The van der Waals surface area contributed by atoms with Crippen molar-refractivity contribution in [3.05, 3.63) is 40.4 Å². The second-order valence-corrected chi connectivity index (χ2v) is 8.96.